The lowest BCUT2D eigenvalue weighted by atomic mass is 10.0. The quantitative estimate of drug-likeness (QED) is 0.710. The van der Waals surface area contributed by atoms with Gasteiger partial charge in [0.2, 0.25) is 0 Å². The van der Waals surface area contributed by atoms with Gasteiger partial charge in [0.1, 0.15) is 6.04 Å². The molecule has 0 unspecified atom stereocenters. The average Bonchev–Trinajstić information content (AvgIpc) is 2.64. The van der Waals surface area contributed by atoms with E-state index in [4.69, 9.17) is 12.2 Å². The molecule has 2 fully saturated rings. The summed E-state index contributed by atoms with van der Waals surface area (Å²) >= 11 is 5.43. The minimum atomic E-state index is -0.0172. The second kappa shape index (κ2) is 4.11. The maximum atomic E-state index is 12.3. The summed E-state index contributed by atoms with van der Waals surface area (Å²) in [6.45, 7) is 0.915. The summed E-state index contributed by atoms with van der Waals surface area (Å²) in [5.41, 5.74) is 0.886. The molecule has 3 nitrogen and oxygen atoms in total. The fourth-order valence-corrected chi connectivity index (χ4v) is 3.02. The van der Waals surface area contributed by atoms with Crippen LogP contribution in [0.2, 0.25) is 0 Å². The normalized spacial score (nSPS) is 24.1. The van der Waals surface area contributed by atoms with E-state index in [0.717, 1.165) is 31.5 Å². The number of nitrogens with zero attached hydrogens (tertiary/aromatic N) is 2. The van der Waals surface area contributed by atoms with Crippen LogP contribution in [0.1, 0.15) is 19.3 Å². The van der Waals surface area contributed by atoms with Crippen molar-refractivity contribution in [2.45, 2.75) is 25.3 Å². The molecule has 0 spiro atoms. The van der Waals surface area contributed by atoms with Crippen molar-refractivity contribution in [3.8, 4) is 0 Å². The molecule has 2 saturated heterocycles. The van der Waals surface area contributed by atoms with Crippen LogP contribution in [0.3, 0.4) is 0 Å². The predicted octanol–water partition coefficient (Wildman–Crippen LogP) is 2.17. The van der Waals surface area contributed by atoms with Gasteiger partial charge in [-0.05, 0) is 43.6 Å². The highest BCUT2D eigenvalue weighted by molar-refractivity contribution is 7.80. The minimum Gasteiger partial charge on any atom is -0.336 e. The predicted molar refractivity (Wildman–Crippen MR) is 70.9 cm³/mol. The summed E-state index contributed by atoms with van der Waals surface area (Å²) in [5, 5.41) is 0.672. The summed E-state index contributed by atoms with van der Waals surface area (Å²) in [5.74, 6) is 0.140. The smallest absolute Gasteiger partial charge is 0.256 e. The summed E-state index contributed by atoms with van der Waals surface area (Å²) < 4.78 is 0. The lowest BCUT2D eigenvalue weighted by molar-refractivity contribution is -0.120. The summed E-state index contributed by atoms with van der Waals surface area (Å²) in [4.78, 5) is 16.1. The van der Waals surface area contributed by atoms with Gasteiger partial charge < -0.3 is 4.90 Å². The Morgan fingerprint density at radius 3 is 2.65 bits per heavy atom. The average molecular weight is 246 g/mol. The Kier molecular flexibility index (Phi) is 2.59. The number of para-hydroxylation sites is 1. The van der Waals surface area contributed by atoms with Gasteiger partial charge in [-0.25, -0.2) is 0 Å². The maximum absolute atomic E-state index is 12.3. The third-order valence-electron chi connectivity index (χ3n) is 3.46. The number of carbonyl (C=O) groups is 1. The van der Waals surface area contributed by atoms with Gasteiger partial charge in [-0.2, -0.15) is 0 Å². The molecule has 0 saturated carbocycles. The van der Waals surface area contributed by atoms with Crippen LogP contribution in [0.5, 0.6) is 0 Å². The molecule has 17 heavy (non-hydrogen) atoms. The SMILES string of the molecule is O=C1[C@H]2CCCCN2C(=S)N1c1ccccc1. The van der Waals surface area contributed by atoms with Crippen molar-refractivity contribution < 1.29 is 4.79 Å². The zero-order chi connectivity index (χ0) is 11.8. The molecule has 88 valence electrons. The van der Waals surface area contributed by atoms with Crippen LogP contribution in [0.25, 0.3) is 0 Å². The summed E-state index contributed by atoms with van der Waals surface area (Å²) in [6.07, 6.45) is 3.19. The van der Waals surface area contributed by atoms with Crippen molar-refractivity contribution in [1.82, 2.24) is 4.90 Å². The van der Waals surface area contributed by atoms with Gasteiger partial charge in [-0.3, -0.25) is 9.69 Å². The van der Waals surface area contributed by atoms with Crippen LogP contribution in [-0.4, -0.2) is 28.5 Å². The molecule has 4 heteroatoms. The fraction of sp³-hybridized carbons (Fsp3) is 0.385. The molecular formula is C13H14N2OS. The number of rotatable bonds is 1. The number of carbonyl (C=O) groups excluding carboxylic acids is 1. The van der Waals surface area contributed by atoms with E-state index in [0.29, 0.717) is 5.11 Å². The van der Waals surface area contributed by atoms with Gasteiger partial charge >= 0.3 is 0 Å². The van der Waals surface area contributed by atoms with Gasteiger partial charge in [-0.15, -0.1) is 0 Å². The van der Waals surface area contributed by atoms with Crippen molar-refractivity contribution in [3.05, 3.63) is 30.3 Å². The van der Waals surface area contributed by atoms with Crippen LogP contribution in [0.15, 0.2) is 30.3 Å². The number of hydrogen-bond donors (Lipinski definition) is 0. The van der Waals surface area contributed by atoms with Crippen LogP contribution >= 0.6 is 12.2 Å². The van der Waals surface area contributed by atoms with E-state index >= 15 is 0 Å². The first-order valence-corrected chi connectivity index (χ1v) is 6.39. The van der Waals surface area contributed by atoms with Crippen molar-refractivity contribution in [2.75, 3.05) is 11.4 Å². The molecule has 0 bridgehead atoms. The molecule has 2 aliphatic heterocycles. The van der Waals surface area contributed by atoms with E-state index in [-0.39, 0.29) is 11.9 Å². The van der Waals surface area contributed by atoms with E-state index in [1.54, 1.807) is 4.90 Å². The number of thiocarbonyl (C=S) groups is 1. The number of amides is 1. The molecule has 1 aromatic rings. The molecule has 0 radical (unpaired) electrons. The fourth-order valence-electron chi connectivity index (χ4n) is 2.60. The van der Waals surface area contributed by atoms with Crippen LogP contribution in [0.4, 0.5) is 5.69 Å². The molecule has 2 aliphatic rings. The third kappa shape index (κ3) is 1.63. The number of benzene rings is 1. The van der Waals surface area contributed by atoms with Gasteiger partial charge in [0.05, 0.1) is 5.69 Å². The lowest BCUT2D eigenvalue weighted by Gasteiger charge is -2.27. The Morgan fingerprint density at radius 1 is 1.18 bits per heavy atom. The van der Waals surface area contributed by atoms with Gasteiger partial charge in [0, 0.05) is 6.54 Å². The minimum absolute atomic E-state index is 0.0172. The Labute approximate surface area is 106 Å². The summed E-state index contributed by atoms with van der Waals surface area (Å²) in [6, 6.07) is 9.66. The van der Waals surface area contributed by atoms with E-state index in [2.05, 4.69) is 4.90 Å². The third-order valence-corrected chi connectivity index (χ3v) is 3.88. The highest BCUT2D eigenvalue weighted by Gasteiger charge is 2.43. The lowest BCUT2D eigenvalue weighted by Crippen LogP contribution is -2.38. The molecule has 1 atom stereocenters. The molecule has 0 N–H and O–H groups in total. The zero-order valence-electron chi connectivity index (χ0n) is 9.50. The second-order valence-corrected chi connectivity index (χ2v) is 4.86. The first kappa shape index (κ1) is 10.7. The molecule has 1 aromatic carbocycles. The van der Waals surface area contributed by atoms with E-state index in [1.165, 1.54) is 0 Å². The number of anilines is 1. The van der Waals surface area contributed by atoms with Crippen molar-refractivity contribution in [2.24, 2.45) is 0 Å². The maximum Gasteiger partial charge on any atom is 0.256 e. The number of hydrogen-bond acceptors (Lipinski definition) is 2. The summed E-state index contributed by atoms with van der Waals surface area (Å²) in [7, 11) is 0. The number of piperidine rings is 1. The molecular weight excluding hydrogens is 232 g/mol. The van der Waals surface area contributed by atoms with Crippen molar-refractivity contribution >= 4 is 28.9 Å². The zero-order valence-corrected chi connectivity index (χ0v) is 10.3. The largest absolute Gasteiger partial charge is 0.336 e. The Balaban J connectivity index is 1.96. The Morgan fingerprint density at radius 2 is 1.94 bits per heavy atom. The Hall–Kier alpha value is -1.42. The molecule has 2 heterocycles. The highest BCUT2D eigenvalue weighted by Crippen LogP contribution is 2.30. The first-order valence-electron chi connectivity index (χ1n) is 5.98. The molecule has 0 aliphatic carbocycles. The van der Waals surface area contributed by atoms with E-state index in [9.17, 15) is 4.79 Å². The molecule has 0 aromatic heterocycles. The van der Waals surface area contributed by atoms with E-state index < -0.39 is 0 Å². The second-order valence-electron chi connectivity index (χ2n) is 4.50. The first-order chi connectivity index (χ1) is 8.29. The van der Waals surface area contributed by atoms with Crippen LogP contribution in [-0.2, 0) is 4.79 Å². The van der Waals surface area contributed by atoms with Gasteiger partial charge in [0.25, 0.3) is 5.91 Å². The monoisotopic (exact) mass is 246 g/mol. The van der Waals surface area contributed by atoms with E-state index in [1.807, 2.05) is 30.3 Å². The van der Waals surface area contributed by atoms with Crippen molar-refractivity contribution in [3.63, 3.8) is 0 Å². The number of fused-ring (bicyclic) bond motifs is 1. The van der Waals surface area contributed by atoms with Crippen molar-refractivity contribution in [1.29, 1.82) is 0 Å². The molecule has 1 amide bonds. The van der Waals surface area contributed by atoms with Crippen LogP contribution < -0.4 is 4.90 Å². The topological polar surface area (TPSA) is 23.6 Å². The van der Waals surface area contributed by atoms with Gasteiger partial charge in [0.15, 0.2) is 5.11 Å². The van der Waals surface area contributed by atoms with Gasteiger partial charge in [-0.1, -0.05) is 18.2 Å². The Bertz CT molecular complexity index is 436. The van der Waals surface area contributed by atoms with Crippen LogP contribution in [0, 0.1) is 0 Å². The highest BCUT2D eigenvalue weighted by atomic mass is 32.1. The standard InChI is InChI=1S/C13H14N2OS/c16-12-11-8-4-5-9-14(11)13(17)15(12)10-6-2-1-3-7-10/h1-3,6-7,11H,4-5,8-9H2/t11-/m1/s1. The molecule has 3 rings (SSSR count).